The summed E-state index contributed by atoms with van der Waals surface area (Å²) in [4.78, 5) is 4.72. The second-order valence-electron chi connectivity index (χ2n) is 6.46. The molecule has 4 nitrogen and oxygen atoms in total. The summed E-state index contributed by atoms with van der Waals surface area (Å²) in [7, 11) is -2.91. The van der Waals surface area contributed by atoms with Crippen molar-refractivity contribution in [2.45, 2.75) is 62.8 Å². The summed E-state index contributed by atoms with van der Waals surface area (Å²) in [6.07, 6.45) is 8.46. The Morgan fingerprint density at radius 1 is 1.24 bits per heavy atom. The van der Waals surface area contributed by atoms with Crippen molar-refractivity contribution in [1.82, 2.24) is 10.3 Å². The first-order chi connectivity index (χ1) is 10.0. The minimum absolute atomic E-state index is 0.170. The predicted molar refractivity (Wildman–Crippen MR) is 84.0 cm³/mol. The zero-order valence-electron chi connectivity index (χ0n) is 12.6. The lowest BCUT2D eigenvalue weighted by Crippen LogP contribution is -2.38. The Morgan fingerprint density at radius 2 is 2.10 bits per heavy atom. The van der Waals surface area contributed by atoms with E-state index >= 15 is 0 Å². The van der Waals surface area contributed by atoms with Gasteiger partial charge >= 0.3 is 0 Å². The van der Waals surface area contributed by atoms with E-state index < -0.39 is 9.84 Å². The molecule has 116 valence electrons. The fourth-order valence-corrected chi connectivity index (χ4v) is 4.71. The lowest BCUT2D eigenvalue weighted by Gasteiger charge is -2.28. The Bertz CT molecular complexity index is 613. The molecule has 1 heterocycles. The van der Waals surface area contributed by atoms with Gasteiger partial charge in [-0.25, -0.2) is 8.42 Å². The number of hydrogen-bond donors (Lipinski definition) is 1. The van der Waals surface area contributed by atoms with Gasteiger partial charge in [0.1, 0.15) is 9.84 Å². The van der Waals surface area contributed by atoms with E-state index in [1.54, 1.807) is 0 Å². The fraction of sp³-hybridized carbons (Fsp3) is 0.688. The molecule has 1 N–H and O–H groups in total. The highest BCUT2D eigenvalue weighted by Crippen LogP contribution is 2.24. The van der Waals surface area contributed by atoms with Gasteiger partial charge in [-0.05, 0) is 50.2 Å². The third-order valence-corrected chi connectivity index (χ3v) is 6.43. The molecule has 2 aliphatic carbocycles. The molecule has 2 atom stereocenters. The summed E-state index contributed by atoms with van der Waals surface area (Å²) in [5, 5.41) is 3.33. The van der Waals surface area contributed by atoms with Crippen molar-refractivity contribution in [1.29, 1.82) is 0 Å². The first-order valence-electron chi connectivity index (χ1n) is 7.92. The average Bonchev–Trinajstić information content (AvgIpc) is 2.92. The smallest absolute Gasteiger partial charge is 0.150 e. The lowest BCUT2D eigenvalue weighted by atomic mass is 9.95. The maximum atomic E-state index is 11.7. The van der Waals surface area contributed by atoms with Crippen molar-refractivity contribution in [2.24, 2.45) is 0 Å². The Hall–Kier alpha value is -0.940. The summed E-state index contributed by atoms with van der Waals surface area (Å²) in [6.45, 7) is 0.744. The van der Waals surface area contributed by atoms with Gasteiger partial charge in [-0.3, -0.25) is 4.98 Å². The third kappa shape index (κ3) is 3.64. The van der Waals surface area contributed by atoms with Crippen LogP contribution >= 0.6 is 0 Å². The van der Waals surface area contributed by atoms with E-state index in [9.17, 15) is 8.42 Å². The van der Waals surface area contributed by atoms with Crippen LogP contribution in [-0.4, -0.2) is 30.9 Å². The van der Waals surface area contributed by atoms with Gasteiger partial charge in [0, 0.05) is 24.5 Å². The highest BCUT2D eigenvalue weighted by Gasteiger charge is 2.28. The number of rotatable bonds is 4. The second kappa shape index (κ2) is 6.05. The van der Waals surface area contributed by atoms with Crippen molar-refractivity contribution < 1.29 is 8.42 Å². The summed E-state index contributed by atoms with van der Waals surface area (Å²) in [5.74, 6) is 0. The van der Waals surface area contributed by atoms with Crippen LogP contribution in [0.1, 0.15) is 49.1 Å². The molecule has 0 aromatic carbocycles. The molecule has 3 rings (SSSR count). The Morgan fingerprint density at radius 3 is 2.90 bits per heavy atom. The molecule has 1 fully saturated rings. The quantitative estimate of drug-likeness (QED) is 0.924. The number of sulfone groups is 1. The molecular weight excluding hydrogens is 284 g/mol. The van der Waals surface area contributed by atoms with Crippen LogP contribution in [0.15, 0.2) is 12.1 Å². The maximum absolute atomic E-state index is 11.7. The molecule has 21 heavy (non-hydrogen) atoms. The zero-order valence-corrected chi connectivity index (χ0v) is 13.5. The van der Waals surface area contributed by atoms with Crippen molar-refractivity contribution in [3.05, 3.63) is 29.1 Å². The average molecular weight is 308 g/mol. The number of aryl methyl sites for hydroxylation is 2. The standard InChI is InChI=1S/C16H24N2O2S/c1-21(19,20)15-6-3-5-13(10-15)17-11-14-9-8-12-4-2-7-16(12)18-14/h8-9,13,15,17H,2-7,10-11H2,1H3. The van der Waals surface area contributed by atoms with Gasteiger partial charge in [0.2, 0.25) is 0 Å². The molecule has 0 radical (unpaired) electrons. The van der Waals surface area contributed by atoms with Crippen LogP contribution in [0.3, 0.4) is 0 Å². The van der Waals surface area contributed by atoms with Gasteiger partial charge in [0.15, 0.2) is 0 Å². The number of fused-ring (bicyclic) bond motifs is 1. The topological polar surface area (TPSA) is 59.1 Å². The third-order valence-electron chi connectivity index (χ3n) is 4.79. The predicted octanol–water partition coefficient (Wildman–Crippen LogP) is 2.02. The SMILES string of the molecule is CS(=O)(=O)C1CCCC(NCc2ccc3c(n2)CCC3)C1. The van der Waals surface area contributed by atoms with Crippen molar-refractivity contribution in [3.8, 4) is 0 Å². The van der Waals surface area contributed by atoms with Gasteiger partial charge in [-0.2, -0.15) is 0 Å². The second-order valence-corrected chi connectivity index (χ2v) is 8.78. The summed E-state index contributed by atoms with van der Waals surface area (Å²) in [6, 6.07) is 4.61. The van der Waals surface area contributed by atoms with E-state index in [4.69, 9.17) is 4.98 Å². The summed E-state index contributed by atoms with van der Waals surface area (Å²) in [5.41, 5.74) is 3.73. The monoisotopic (exact) mass is 308 g/mol. The van der Waals surface area contributed by atoms with E-state index in [0.29, 0.717) is 6.04 Å². The number of aromatic nitrogens is 1. The van der Waals surface area contributed by atoms with Crippen LogP contribution in [-0.2, 0) is 29.2 Å². The highest BCUT2D eigenvalue weighted by molar-refractivity contribution is 7.91. The molecular formula is C16H24N2O2S. The molecule has 1 saturated carbocycles. The first kappa shape index (κ1) is 15.0. The molecule has 0 aliphatic heterocycles. The van der Waals surface area contributed by atoms with E-state index in [-0.39, 0.29) is 5.25 Å². The number of nitrogens with zero attached hydrogens (tertiary/aromatic N) is 1. The first-order valence-corrected chi connectivity index (χ1v) is 9.88. The van der Waals surface area contributed by atoms with Gasteiger partial charge in [-0.15, -0.1) is 0 Å². The van der Waals surface area contributed by atoms with E-state index in [1.165, 1.54) is 23.9 Å². The summed E-state index contributed by atoms with van der Waals surface area (Å²) < 4.78 is 23.4. The Kier molecular flexibility index (Phi) is 4.31. The van der Waals surface area contributed by atoms with E-state index in [0.717, 1.165) is 50.8 Å². The fourth-order valence-electron chi connectivity index (χ4n) is 3.53. The molecule has 1 aromatic heterocycles. The molecule has 2 unspecified atom stereocenters. The molecule has 0 spiro atoms. The maximum Gasteiger partial charge on any atom is 0.150 e. The lowest BCUT2D eigenvalue weighted by molar-refractivity contribution is 0.369. The highest BCUT2D eigenvalue weighted by atomic mass is 32.2. The molecule has 0 bridgehead atoms. The number of hydrogen-bond acceptors (Lipinski definition) is 4. The van der Waals surface area contributed by atoms with Crippen LogP contribution in [0.2, 0.25) is 0 Å². The molecule has 0 saturated heterocycles. The zero-order chi connectivity index (χ0) is 14.9. The summed E-state index contributed by atoms with van der Waals surface area (Å²) >= 11 is 0. The largest absolute Gasteiger partial charge is 0.308 e. The van der Waals surface area contributed by atoms with E-state index in [1.807, 2.05) is 0 Å². The van der Waals surface area contributed by atoms with E-state index in [2.05, 4.69) is 17.4 Å². The van der Waals surface area contributed by atoms with Crippen molar-refractivity contribution in [2.75, 3.05) is 6.26 Å². The minimum Gasteiger partial charge on any atom is -0.308 e. The minimum atomic E-state index is -2.91. The van der Waals surface area contributed by atoms with Crippen molar-refractivity contribution >= 4 is 9.84 Å². The number of pyridine rings is 1. The van der Waals surface area contributed by atoms with Gasteiger partial charge in [-0.1, -0.05) is 12.5 Å². The van der Waals surface area contributed by atoms with Crippen LogP contribution in [0, 0.1) is 0 Å². The molecule has 2 aliphatic rings. The molecule has 0 amide bonds. The normalized spacial score (nSPS) is 25.8. The van der Waals surface area contributed by atoms with Gasteiger partial charge in [0.25, 0.3) is 0 Å². The Labute approximate surface area is 127 Å². The van der Waals surface area contributed by atoms with Crippen LogP contribution in [0.5, 0.6) is 0 Å². The number of nitrogens with one attached hydrogen (secondary N) is 1. The van der Waals surface area contributed by atoms with Crippen molar-refractivity contribution in [3.63, 3.8) is 0 Å². The van der Waals surface area contributed by atoms with Gasteiger partial charge < -0.3 is 5.32 Å². The van der Waals surface area contributed by atoms with Crippen LogP contribution in [0.25, 0.3) is 0 Å². The molecule has 1 aromatic rings. The van der Waals surface area contributed by atoms with Crippen LogP contribution in [0.4, 0.5) is 0 Å². The van der Waals surface area contributed by atoms with Gasteiger partial charge in [0.05, 0.1) is 10.9 Å². The molecule has 5 heteroatoms. The Balaban J connectivity index is 1.57. The van der Waals surface area contributed by atoms with Crippen LogP contribution < -0.4 is 5.32 Å².